The molecule has 1 aromatic heterocycles. The van der Waals surface area contributed by atoms with Gasteiger partial charge in [0.2, 0.25) is 5.91 Å². The number of para-hydroxylation sites is 1. The first kappa shape index (κ1) is 16.8. The van der Waals surface area contributed by atoms with Crippen molar-refractivity contribution in [1.82, 2.24) is 10.2 Å². The number of aromatic carboxylic acids is 1. The number of anilines is 1. The van der Waals surface area contributed by atoms with Gasteiger partial charge in [0, 0.05) is 11.8 Å². The van der Waals surface area contributed by atoms with Gasteiger partial charge in [0.25, 0.3) is 0 Å². The van der Waals surface area contributed by atoms with Gasteiger partial charge >= 0.3 is 5.97 Å². The Morgan fingerprint density at radius 3 is 2.74 bits per heavy atom. The van der Waals surface area contributed by atoms with Crippen LogP contribution in [0.1, 0.15) is 22.3 Å². The summed E-state index contributed by atoms with van der Waals surface area (Å²) < 4.78 is 0. The Morgan fingerprint density at radius 2 is 1.89 bits per heavy atom. The highest BCUT2D eigenvalue weighted by Gasteiger charge is 2.12. The SMILES string of the molecule is O=C(CCc1ccc2c(ccc3[nH]ncc32)c1)Nc1ccccc1C(=O)O. The second-order valence-electron chi connectivity index (χ2n) is 6.35. The highest BCUT2D eigenvalue weighted by molar-refractivity contribution is 6.06. The predicted molar refractivity (Wildman–Crippen MR) is 104 cm³/mol. The van der Waals surface area contributed by atoms with E-state index in [1.807, 2.05) is 30.5 Å². The molecule has 27 heavy (non-hydrogen) atoms. The Morgan fingerprint density at radius 1 is 1.04 bits per heavy atom. The molecule has 0 bridgehead atoms. The van der Waals surface area contributed by atoms with E-state index < -0.39 is 5.97 Å². The molecular formula is C21H17N3O3. The predicted octanol–water partition coefficient (Wildman–Crippen LogP) is 3.99. The minimum atomic E-state index is -1.06. The third-order valence-electron chi connectivity index (χ3n) is 4.58. The Hall–Kier alpha value is -3.67. The quantitative estimate of drug-likeness (QED) is 0.502. The van der Waals surface area contributed by atoms with Crippen LogP contribution >= 0.6 is 0 Å². The molecule has 3 N–H and O–H groups in total. The van der Waals surface area contributed by atoms with Crippen molar-refractivity contribution in [3.63, 3.8) is 0 Å². The lowest BCUT2D eigenvalue weighted by atomic mass is 10.0. The van der Waals surface area contributed by atoms with E-state index in [9.17, 15) is 14.7 Å². The van der Waals surface area contributed by atoms with Gasteiger partial charge in [-0.3, -0.25) is 9.89 Å². The number of carbonyl (C=O) groups is 2. The van der Waals surface area contributed by atoms with Crippen LogP contribution in [0.4, 0.5) is 5.69 Å². The molecule has 0 fully saturated rings. The summed E-state index contributed by atoms with van der Waals surface area (Å²) in [5, 5.41) is 22.2. The molecule has 0 atom stereocenters. The van der Waals surface area contributed by atoms with Gasteiger partial charge in [-0.05, 0) is 41.0 Å². The molecule has 0 unspecified atom stereocenters. The zero-order valence-corrected chi connectivity index (χ0v) is 14.4. The number of carboxylic acids is 1. The molecule has 0 radical (unpaired) electrons. The summed E-state index contributed by atoms with van der Waals surface area (Å²) >= 11 is 0. The third kappa shape index (κ3) is 3.37. The van der Waals surface area contributed by atoms with Crippen LogP contribution in [0.3, 0.4) is 0 Å². The van der Waals surface area contributed by atoms with Crippen molar-refractivity contribution < 1.29 is 14.7 Å². The summed E-state index contributed by atoms with van der Waals surface area (Å²) in [6, 6.07) is 16.5. The Bertz CT molecular complexity index is 1160. The number of carbonyl (C=O) groups excluding carboxylic acids is 1. The number of fused-ring (bicyclic) bond motifs is 3. The molecule has 0 aliphatic rings. The van der Waals surface area contributed by atoms with Crippen molar-refractivity contribution in [2.75, 3.05) is 5.32 Å². The maximum atomic E-state index is 12.2. The van der Waals surface area contributed by atoms with Gasteiger partial charge in [0.15, 0.2) is 0 Å². The molecule has 6 nitrogen and oxygen atoms in total. The van der Waals surface area contributed by atoms with Crippen LogP contribution in [0.15, 0.2) is 60.8 Å². The van der Waals surface area contributed by atoms with Crippen molar-refractivity contribution >= 4 is 39.2 Å². The normalized spacial score (nSPS) is 11.0. The number of carboxylic acid groups (broad SMARTS) is 1. The van der Waals surface area contributed by atoms with E-state index in [2.05, 4.69) is 21.6 Å². The number of hydrogen-bond acceptors (Lipinski definition) is 3. The van der Waals surface area contributed by atoms with Gasteiger partial charge in [-0.2, -0.15) is 5.10 Å². The minimum absolute atomic E-state index is 0.0840. The zero-order chi connectivity index (χ0) is 18.8. The molecule has 3 aromatic carbocycles. The number of rotatable bonds is 5. The number of nitrogens with one attached hydrogen (secondary N) is 2. The standard InChI is InChI=1S/C21H17N3O3/c25-20(23-18-4-2-1-3-16(18)21(26)27)10-6-13-5-8-15-14(11-13)7-9-19-17(15)12-22-24-19/h1-5,7-9,11-12H,6,10H2,(H,22,24)(H,23,25)(H,26,27). The van der Waals surface area contributed by atoms with Crippen LogP contribution in [-0.2, 0) is 11.2 Å². The Kier molecular flexibility index (Phi) is 4.30. The van der Waals surface area contributed by atoms with Gasteiger partial charge in [-0.1, -0.05) is 36.4 Å². The van der Waals surface area contributed by atoms with E-state index in [1.54, 1.807) is 18.2 Å². The summed E-state index contributed by atoms with van der Waals surface area (Å²) in [5.41, 5.74) is 2.44. The number of hydrogen-bond donors (Lipinski definition) is 3. The Balaban J connectivity index is 1.47. The number of aromatic amines is 1. The lowest BCUT2D eigenvalue weighted by molar-refractivity contribution is -0.116. The number of H-pyrrole nitrogens is 1. The summed E-state index contributed by atoms with van der Waals surface area (Å²) in [6.45, 7) is 0. The van der Waals surface area contributed by atoms with Gasteiger partial charge in [-0.15, -0.1) is 0 Å². The van der Waals surface area contributed by atoms with Gasteiger partial charge in [0.1, 0.15) is 0 Å². The van der Waals surface area contributed by atoms with Gasteiger partial charge in [-0.25, -0.2) is 4.79 Å². The Labute approximate surface area is 154 Å². The molecule has 0 saturated heterocycles. The van der Waals surface area contributed by atoms with Crippen molar-refractivity contribution in [3.8, 4) is 0 Å². The van der Waals surface area contributed by atoms with Gasteiger partial charge in [0.05, 0.1) is 23.0 Å². The lowest BCUT2D eigenvalue weighted by Crippen LogP contribution is -2.15. The zero-order valence-electron chi connectivity index (χ0n) is 14.4. The monoisotopic (exact) mass is 359 g/mol. The van der Waals surface area contributed by atoms with Crippen LogP contribution in [0, 0.1) is 0 Å². The van der Waals surface area contributed by atoms with E-state index in [-0.39, 0.29) is 17.9 Å². The van der Waals surface area contributed by atoms with E-state index in [0.29, 0.717) is 12.1 Å². The second-order valence-corrected chi connectivity index (χ2v) is 6.35. The van der Waals surface area contributed by atoms with Crippen molar-refractivity contribution in [2.45, 2.75) is 12.8 Å². The molecule has 0 aliphatic carbocycles. The average molecular weight is 359 g/mol. The maximum absolute atomic E-state index is 12.2. The smallest absolute Gasteiger partial charge is 0.337 e. The molecule has 0 saturated carbocycles. The molecule has 1 amide bonds. The average Bonchev–Trinajstić information content (AvgIpc) is 3.15. The van der Waals surface area contributed by atoms with Crippen LogP contribution in [0.5, 0.6) is 0 Å². The first-order valence-corrected chi connectivity index (χ1v) is 8.59. The first-order valence-electron chi connectivity index (χ1n) is 8.59. The van der Waals surface area contributed by atoms with Crippen molar-refractivity contribution in [3.05, 3.63) is 71.9 Å². The number of aryl methyl sites for hydroxylation is 1. The van der Waals surface area contributed by atoms with Crippen LogP contribution < -0.4 is 5.32 Å². The van der Waals surface area contributed by atoms with E-state index in [1.165, 1.54) is 6.07 Å². The topological polar surface area (TPSA) is 95.1 Å². The molecule has 0 spiro atoms. The van der Waals surface area contributed by atoms with Crippen molar-refractivity contribution in [1.29, 1.82) is 0 Å². The minimum Gasteiger partial charge on any atom is -0.478 e. The summed E-state index contributed by atoms with van der Waals surface area (Å²) in [7, 11) is 0. The fraction of sp³-hybridized carbons (Fsp3) is 0.0952. The van der Waals surface area contributed by atoms with Crippen LogP contribution in [0.25, 0.3) is 21.7 Å². The number of aromatic nitrogens is 2. The molecule has 134 valence electrons. The lowest BCUT2D eigenvalue weighted by Gasteiger charge is -2.09. The molecule has 6 heteroatoms. The van der Waals surface area contributed by atoms with E-state index in [4.69, 9.17) is 0 Å². The fourth-order valence-electron chi connectivity index (χ4n) is 3.21. The van der Waals surface area contributed by atoms with E-state index in [0.717, 1.165) is 27.2 Å². The molecular weight excluding hydrogens is 342 g/mol. The first-order chi connectivity index (χ1) is 13.1. The molecule has 4 aromatic rings. The summed E-state index contributed by atoms with van der Waals surface area (Å²) in [4.78, 5) is 23.5. The molecule has 0 aliphatic heterocycles. The highest BCUT2D eigenvalue weighted by atomic mass is 16.4. The number of nitrogens with zero attached hydrogens (tertiary/aromatic N) is 1. The van der Waals surface area contributed by atoms with Crippen molar-refractivity contribution in [2.24, 2.45) is 0 Å². The van der Waals surface area contributed by atoms with E-state index >= 15 is 0 Å². The molecule has 1 heterocycles. The number of amides is 1. The van der Waals surface area contributed by atoms with Gasteiger partial charge < -0.3 is 10.4 Å². The second kappa shape index (κ2) is 6.92. The number of benzene rings is 3. The van der Waals surface area contributed by atoms with Crippen LogP contribution in [-0.4, -0.2) is 27.2 Å². The maximum Gasteiger partial charge on any atom is 0.337 e. The van der Waals surface area contributed by atoms with Crippen LogP contribution in [0.2, 0.25) is 0 Å². The summed E-state index contributed by atoms with van der Waals surface area (Å²) in [6.07, 6.45) is 2.65. The highest BCUT2D eigenvalue weighted by Crippen LogP contribution is 2.25. The summed E-state index contributed by atoms with van der Waals surface area (Å²) in [5.74, 6) is -1.28. The fourth-order valence-corrected chi connectivity index (χ4v) is 3.21. The third-order valence-corrected chi connectivity index (χ3v) is 4.58. The molecule has 4 rings (SSSR count). The largest absolute Gasteiger partial charge is 0.478 e.